The van der Waals surface area contributed by atoms with Crippen molar-refractivity contribution >= 4 is 5.91 Å². The molecule has 4 rings (SSSR count). The van der Waals surface area contributed by atoms with Gasteiger partial charge in [-0.2, -0.15) is 0 Å². The molecule has 0 spiro atoms. The van der Waals surface area contributed by atoms with Gasteiger partial charge in [0.05, 0.1) is 0 Å². The summed E-state index contributed by atoms with van der Waals surface area (Å²) >= 11 is 0. The standard InChI is InChI=1S/C22H23F3N2O/c1-22(24,25)14-4-8-17(20(23)10-14)19-12-26-11-18-13(3-7-16(18)19)9-21(28)27(2)15-5-6-15/h4,8,10-13,15H,3,5-7,9H2,1-2H3. The topological polar surface area (TPSA) is 33.2 Å². The fourth-order valence-corrected chi connectivity index (χ4v) is 4.08. The van der Waals surface area contributed by atoms with Crippen LogP contribution in [0.4, 0.5) is 13.2 Å². The van der Waals surface area contributed by atoms with E-state index < -0.39 is 11.7 Å². The molecular weight excluding hydrogens is 365 g/mol. The van der Waals surface area contributed by atoms with E-state index in [9.17, 15) is 18.0 Å². The number of benzene rings is 1. The number of pyridine rings is 1. The number of hydrogen-bond donors (Lipinski definition) is 0. The van der Waals surface area contributed by atoms with E-state index >= 15 is 0 Å². The summed E-state index contributed by atoms with van der Waals surface area (Å²) in [6.45, 7) is 0.753. The summed E-state index contributed by atoms with van der Waals surface area (Å²) in [5.74, 6) is -3.57. The fourth-order valence-electron chi connectivity index (χ4n) is 4.08. The Morgan fingerprint density at radius 1 is 1.21 bits per heavy atom. The molecule has 0 radical (unpaired) electrons. The molecule has 0 N–H and O–H groups in total. The Morgan fingerprint density at radius 2 is 1.96 bits per heavy atom. The zero-order valence-electron chi connectivity index (χ0n) is 16.0. The molecule has 0 bridgehead atoms. The lowest BCUT2D eigenvalue weighted by atomic mass is 9.94. The molecule has 1 amide bonds. The molecule has 1 unspecified atom stereocenters. The van der Waals surface area contributed by atoms with Crippen LogP contribution in [0.2, 0.25) is 0 Å². The van der Waals surface area contributed by atoms with Gasteiger partial charge in [0.1, 0.15) is 5.82 Å². The first kappa shape index (κ1) is 19.0. The van der Waals surface area contributed by atoms with Crippen molar-refractivity contribution in [2.75, 3.05) is 7.05 Å². The van der Waals surface area contributed by atoms with Gasteiger partial charge in [-0.05, 0) is 48.8 Å². The molecule has 1 fully saturated rings. The number of amides is 1. The number of alkyl halides is 2. The number of fused-ring (bicyclic) bond motifs is 1. The van der Waals surface area contributed by atoms with Crippen LogP contribution in [0.15, 0.2) is 30.6 Å². The second-order valence-electron chi connectivity index (χ2n) is 8.01. The van der Waals surface area contributed by atoms with E-state index in [1.165, 1.54) is 12.1 Å². The van der Waals surface area contributed by atoms with Crippen molar-refractivity contribution in [2.45, 2.75) is 56.9 Å². The number of rotatable bonds is 5. The molecule has 1 heterocycles. The van der Waals surface area contributed by atoms with Crippen LogP contribution in [0.1, 0.15) is 55.2 Å². The highest BCUT2D eigenvalue weighted by molar-refractivity contribution is 5.78. The Morgan fingerprint density at radius 3 is 2.61 bits per heavy atom. The van der Waals surface area contributed by atoms with Crippen molar-refractivity contribution < 1.29 is 18.0 Å². The fraction of sp³-hybridized carbons (Fsp3) is 0.455. The molecular formula is C22H23F3N2O. The molecule has 6 heteroatoms. The molecule has 1 aromatic carbocycles. The Balaban J connectivity index is 1.62. The molecule has 0 saturated heterocycles. The molecule has 3 nitrogen and oxygen atoms in total. The first-order valence-corrected chi connectivity index (χ1v) is 9.66. The van der Waals surface area contributed by atoms with E-state index in [1.54, 1.807) is 12.4 Å². The highest BCUT2D eigenvalue weighted by atomic mass is 19.3. The molecule has 1 aromatic heterocycles. The largest absolute Gasteiger partial charge is 0.343 e. The molecule has 0 aliphatic heterocycles. The number of hydrogen-bond acceptors (Lipinski definition) is 2. The van der Waals surface area contributed by atoms with E-state index in [1.807, 2.05) is 11.9 Å². The lowest BCUT2D eigenvalue weighted by molar-refractivity contribution is -0.130. The van der Waals surface area contributed by atoms with Crippen molar-refractivity contribution in [1.29, 1.82) is 0 Å². The SMILES string of the molecule is CN(C(=O)CC1CCc2c(-c3ccc(C(C)(F)F)cc3F)cncc21)C1CC1. The number of carbonyl (C=O) groups is 1. The molecule has 2 aliphatic rings. The van der Waals surface area contributed by atoms with Crippen LogP contribution in [0.3, 0.4) is 0 Å². The van der Waals surface area contributed by atoms with E-state index in [0.717, 1.165) is 49.8 Å². The first-order chi connectivity index (χ1) is 13.3. The Kier molecular flexibility index (Phi) is 4.68. The highest BCUT2D eigenvalue weighted by Crippen LogP contribution is 2.42. The number of halogens is 3. The monoisotopic (exact) mass is 388 g/mol. The average Bonchev–Trinajstić information content (AvgIpc) is 3.42. The lowest BCUT2D eigenvalue weighted by Crippen LogP contribution is -2.29. The van der Waals surface area contributed by atoms with Crippen molar-refractivity contribution in [2.24, 2.45) is 0 Å². The molecule has 28 heavy (non-hydrogen) atoms. The highest BCUT2D eigenvalue weighted by Gasteiger charge is 2.33. The predicted molar refractivity (Wildman–Crippen MR) is 101 cm³/mol. The molecule has 148 valence electrons. The second-order valence-corrected chi connectivity index (χ2v) is 8.01. The number of carbonyl (C=O) groups excluding carboxylic acids is 1. The van der Waals surface area contributed by atoms with Gasteiger partial charge in [-0.25, -0.2) is 13.2 Å². The summed E-state index contributed by atoms with van der Waals surface area (Å²) in [5.41, 5.74) is 2.50. The van der Waals surface area contributed by atoms with Crippen LogP contribution in [-0.4, -0.2) is 28.9 Å². The summed E-state index contributed by atoms with van der Waals surface area (Å²) in [5, 5.41) is 0. The minimum Gasteiger partial charge on any atom is -0.343 e. The third kappa shape index (κ3) is 3.52. The zero-order chi connectivity index (χ0) is 20.1. The van der Waals surface area contributed by atoms with E-state index in [2.05, 4.69) is 4.98 Å². The van der Waals surface area contributed by atoms with E-state index in [0.29, 0.717) is 18.0 Å². The van der Waals surface area contributed by atoms with Crippen molar-refractivity contribution in [3.63, 3.8) is 0 Å². The summed E-state index contributed by atoms with van der Waals surface area (Å²) in [4.78, 5) is 18.6. The predicted octanol–water partition coefficient (Wildman–Crippen LogP) is 5.04. The lowest BCUT2D eigenvalue weighted by Gasteiger charge is -2.19. The van der Waals surface area contributed by atoms with Crippen LogP contribution >= 0.6 is 0 Å². The maximum absolute atomic E-state index is 14.6. The van der Waals surface area contributed by atoms with Crippen molar-refractivity contribution in [1.82, 2.24) is 9.88 Å². The smallest absolute Gasteiger partial charge is 0.270 e. The maximum atomic E-state index is 14.6. The minimum absolute atomic E-state index is 0.0680. The number of nitrogens with zero attached hydrogens (tertiary/aromatic N) is 2. The molecule has 1 atom stereocenters. The van der Waals surface area contributed by atoms with Crippen LogP contribution < -0.4 is 0 Å². The Labute approximate surface area is 162 Å². The number of aromatic nitrogens is 1. The zero-order valence-corrected chi connectivity index (χ0v) is 16.0. The van der Waals surface area contributed by atoms with Crippen LogP contribution in [-0.2, 0) is 17.1 Å². The molecule has 2 aromatic rings. The third-order valence-electron chi connectivity index (χ3n) is 5.95. The van der Waals surface area contributed by atoms with Gasteiger partial charge >= 0.3 is 0 Å². The van der Waals surface area contributed by atoms with Crippen molar-refractivity contribution in [3.8, 4) is 11.1 Å². The maximum Gasteiger partial charge on any atom is 0.270 e. The van der Waals surface area contributed by atoms with Gasteiger partial charge in [0.25, 0.3) is 5.92 Å². The summed E-state index contributed by atoms with van der Waals surface area (Å²) in [7, 11) is 1.85. The second kappa shape index (κ2) is 6.90. The van der Waals surface area contributed by atoms with Crippen molar-refractivity contribution in [3.05, 3.63) is 53.1 Å². The van der Waals surface area contributed by atoms with Crippen LogP contribution in [0, 0.1) is 5.82 Å². The summed E-state index contributed by atoms with van der Waals surface area (Å²) < 4.78 is 41.6. The molecule has 1 saturated carbocycles. The quantitative estimate of drug-likeness (QED) is 0.719. The summed E-state index contributed by atoms with van der Waals surface area (Å²) in [6.07, 6.45) is 7.44. The Hall–Kier alpha value is -2.37. The van der Waals surface area contributed by atoms with Gasteiger partial charge < -0.3 is 4.90 Å². The van der Waals surface area contributed by atoms with Gasteiger partial charge in [-0.3, -0.25) is 9.78 Å². The minimum atomic E-state index is -3.09. The van der Waals surface area contributed by atoms with Gasteiger partial charge in [0.15, 0.2) is 0 Å². The van der Waals surface area contributed by atoms with E-state index in [4.69, 9.17) is 0 Å². The third-order valence-corrected chi connectivity index (χ3v) is 5.95. The normalized spacial score (nSPS) is 18.8. The average molecular weight is 388 g/mol. The van der Waals surface area contributed by atoms with Gasteiger partial charge in [-0.15, -0.1) is 0 Å². The molecule has 2 aliphatic carbocycles. The summed E-state index contributed by atoms with van der Waals surface area (Å²) in [6, 6.07) is 3.94. The van der Waals surface area contributed by atoms with Gasteiger partial charge in [0, 0.05) is 55.5 Å². The van der Waals surface area contributed by atoms with Crippen LogP contribution in [0.5, 0.6) is 0 Å². The van der Waals surface area contributed by atoms with Crippen LogP contribution in [0.25, 0.3) is 11.1 Å². The van der Waals surface area contributed by atoms with Gasteiger partial charge in [-0.1, -0.05) is 12.1 Å². The van der Waals surface area contributed by atoms with Gasteiger partial charge in [0.2, 0.25) is 5.91 Å². The van der Waals surface area contributed by atoms with E-state index in [-0.39, 0.29) is 23.0 Å². The Bertz CT molecular complexity index is 918. The first-order valence-electron chi connectivity index (χ1n) is 9.66.